The van der Waals surface area contributed by atoms with E-state index in [1.54, 1.807) is 0 Å². The fourth-order valence-electron chi connectivity index (χ4n) is 3.60. The zero-order valence-electron chi connectivity index (χ0n) is 22.0. The van der Waals surface area contributed by atoms with E-state index in [0.29, 0.717) is 25.8 Å². The maximum absolute atomic E-state index is 13.0. The first-order valence-electron chi connectivity index (χ1n) is 12.8. The predicted octanol–water partition coefficient (Wildman–Crippen LogP) is 3.39. The van der Waals surface area contributed by atoms with Gasteiger partial charge in [0.1, 0.15) is 25.3 Å². The molecule has 0 aromatic heterocycles. The molecule has 0 aliphatic rings. The molecule has 5 N–H and O–H groups in total. The van der Waals surface area contributed by atoms with Crippen LogP contribution in [0.15, 0.2) is 60.7 Å². The van der Waals surface area contributed by atoms with Crippen molar-refractivity contribution in [1.82, 2.24) is 16.0 Å². The number of ether oxygens (including phenoxy) is 2. The molecule has 0 heterocycles. The van der Waals surface area contributed by atoms with Crippen LogP contribution in [-0.2, 0) is 32.3 Å². The third-order valence-electron chi connectivity index (χ3n) is 5.59. The number of amides is 4. The van der Waals surface area contributed by atoms with Gasteiger partial charge in [0.2, 0.25) is 11.8 Å². The van der Waals surface area contributed by atoms with Crippen LogP contribution in [0.25, 0.3) is 0 Å². The Bertz CT molecular complexity index is 1020. The minimum Gasteiger partial charge on any atom is -0.445 e. The maximum atomic E-state index is 13.0. The van der Waals surface area contributed by atoms with Crippen LogP contribution in [0.2, 0.25) is 0 Å². The van der Waals surface area contributed by atoms with E-state index in [0.717, 1.165) is 11.1 Å². The first-order chi connectivity index (χ1) is 18.2. The number of carbonyl (C=O) groups excluding carboxylic acids is 4. The summed E-state index contributed by atoms with van der Waals surface area (Å²) in [6.45, 7) is 4.37. The van der Waals surface area contributed by atoms with Gasteiger partial charge in [-0.15, -0.1) is 0 Å². The third kappa shape index (κ3) is 12.2. The normalized spacial score (nSPS) is 12.2. The molecule has 0 aliphatic heterocycles. The van der Waals surface area contributed by atoms with Crippen molar-refractivity contribution in [3.63, 3.8) is 0 Å². The number of hydrogen-bond donors (Lipinski definition) is 4. The standard InChI is InChI=1S/C28H38N4O6/c1-20(2)17-24(25(29)33)31-26(34)23(32-28(36)38-19-22-13-7-4-8-14-22)15-9-10-16-30-27(35)37-18-21-11-5-3-6-12-21/h3-8,11-14,20,23-24H,9-10,15-19H2,1-2H3,(H2,29,33)(H,30,35)(H,31,34)(H,32,36). The summed E-state index contributed by atoms with van der Waals surface area (Å²) in [5.41, 5.74) is 7.15. The van der Waals surface area contributed by atoms with Crippen molar-refractivity contribution in [2.75, 3.05) is 6.54 Å². The minimum absolute atomic E-state index is 0.0489. The molecule has 0 fully saturated rings. The van der Waals surface area contributed by atoms with E-state index in [1.165, 1.54) is 0 Å². The summed E-state index contributed by atoms with van der Waals surface area (Å²) >= 11 is 0. The Labute approximate surface area is 223 Å². The van der Waals surface area contributed by atoms with Crippen LogP contribution in [0.3, 0.4) is 0 Å². The summed E-state index contributed by atoms with van der Waals surface area (Å²) < 4.78 is 10.4. The Morgan fingerprint density at radius 3 is 1.84 bits per heavy atom. The molecule has 2 aromatic rings. The minimum atomic E-state index is -0.947. The highest BCUT2D eigenvalue weighted by atomic mass is 16.6. The molecule has 10 heteroatoms. The summed E-state index contributed by atoms with van der Waals surface area (Å²) in [4.78, 5) is 49.1. The van der Waals surface area contributed by atoms with Crippen LogP contribution >= 0.6 is 0 Å². The molecule has 2 aromatic carbocycles. The van der Waals surface area contributed by atoms with Crippen LogP contribution in [0.1, 0.15) is 50.7 Å². The highest BCUT2D eigenvalue weighted by Gasteiger charge is 2.26. The van der Waals surface area contributed by atoms with Crippen molar-refractivity contribution in [3.8, 4) is 0 Å². The Morgan fingerprint density at radius 2 is 1.32 bits per heavy atom. The second-order valence-electron chi connectivity index (χ2n) is 9.34. The number of unbranched alkanes of at least 4 members (excludes halogenated alkanes) is 1. The molecule has 0 saturated carbocycles. The third-order valence-corrected chi connectivity index (χ3v) is 5.59. The number of carbonyl (C=O) groups is 4. The molecule has 4 amide bonds. The van der Waals surface area contributed by atoms with E-state index in [4.69, 9.17) is 15.2 Å². The Balaban J connectivity index is 1.84. The van der Waals surface area contributed by atoms with Gasteiger partial charge in [0.25, 0.3) is 0 Å². The van der Waals surface area contributed by atoms with Gasteiger partial charge in [-0.1, -0.05) is 74.5 Å². The van der Waals surface area contributed by atoms with E-state index in [2.05, 4.69) is 16.0 Å². The highest BCUT2D eigenvalue weighted by Crippen LogP contribution is 2.08. The quantitative estimate of drug-likeness (QED) is 0.261. The second kappa shape index (κ2) is 16.6. The van der Waals surface area contributed by atoms with Crippen LogP contribution in [0, 0.1) is 5.92 Å². The van der Waals surface area contributed by atoms with Gasteiger partial charge in [-0.3, -0.25) is 9.59 Å². The molecule has 0 radical (unpaired) electrons. The molecular weight excluding hydrogens is 488 g/mol. The number of alkyl carbamates (subject to hydrolysis) is 2. The molecule has 10 nitrogen and oxygen atoms in total. The number of benzene rings is 2. The van der Waals surface area contributed by atoms with Crippen molar-refractivity contribution in [1.29, 1.82) is 0 Å². The molecule has 0 bridgehead atoms. The lowest BCUT2D eigenvalue weighted by molar-refractivity contribution is -0.129. The van der Waals surface area contributed by atoms with Gasteiger partial charge in [-0.05, 0) is 42.7 Å². The lowest BCUT2D eigenvalue weighted by atomic mass is 10.0. The topological polar surface area (TPSA) is 149 Å². The van der Waals surface area contributed by atoms with E-state index in [1.807, 2.05) is 74.5 Å². The zero-order chi connectivity index (χ0) is 27.8. The molecule has 2 rings (SSSR count). The molecule has 2 atom stereocenters. The van der Waals surface area contributed by atoms with E-state index < -0.39 is 36.1 Å². The molecular formula is C28H38N4O6. The van der Waals surface area contributed by atoms with Crippen molar-refractivity contribution >= 4 is 24.0 Å². The SMILES string of the molecule is CC(C)CC(NC(=O)C(CCCCNC(=O)OCc1ccccc1)NC(=O)OCc1ccccc1)C(N)=O. The molecule has 0 spiro atoms. The first kappa shape index (κ1) is 30.1. The summed E-state index contributed by atoms with van der Waals surface area (Å²) in [7, 11) is 0. The highest BCUT2D eigenvalue weighted by molar-refractivity contribution is 5.90. The lowest BCUT2D eigenvalue weighted by Gasteiger charge is -2.23. The van der Waals surface area contributed by atoms with E-state index in [9.17, 15) is 19.2 Å². The first-order valence-corrected chi connectivity index (χ1v) is 12.8. The summed E-state index contributed by atoms with van der Waals surface area (Å²) in [6, 6.07) is 16.7. The fraction of sp³-hybridized carbons (Fsp3) is 0.429. The van der Waals surface area contributed by atoms with E-state index in [-0.39, 0.29) is 25.6 Å². The molecule has 0 saturated heterocycles. The number of rotatable bonds is 15. The molecule has 206 valence electrons. The van der Waals surface area contributed by atoms with Gasteiger partial charge in [0.15, 0.2) is 0 Å². The van der Waals surface area contributed by atoms with Gasteiger partial charge in [0.05, 0.1) is 0 Å². The monoisotopic (exact) mass is 526 g/mol. The zero-order valence-corrected chi connectivity index (χ0v) is 22.0. The number of nitrogens with one attached hydrogen (secondary N) is 3. The van der Waals surface area contributed by atoms with Gasteiger partial charge in [0, 0.05) is 6.54 Å². The fourth-order valence-corrected chi connectivity index (χ4v) is 3.60. The van der Waals surface area contributed by atoms with Crippen molar-refractivity contribution in [2.45, 2.75) is 64.8 Å². The second-order valence-corrected chi connectivity index (χ2v) is 9.34. The van der Waals surface area contributed by atoms with Gasteiger partial charge >= 0.3 is 12.2 Å². The molecule has 38 heavy (non-hydrogen) atoms. The molecule has 2 unspecified atom stereocenters. The smallest absolute Gasteiger partial charge is 0.408 e. The summed E-state index contributed by atoms with van der Waals surface area (Å²) in [5.74, 6) is -1.04. The number of primary amides is 1. The average Bonchev–Trinajstić information content (AvgIpc) is 2.90. The number of nitrogens with two attached hydrogens (primary N) is 1. The molecule has 0 aliphatic carbocycles. The van der Waals surface area contributed by atoms with Crippen LogP contribution in [0.4, 0.5) is 9.59 Å². The van der Waals surface area contributed by atoms with Crippen LogP contribution < -0.4 is 21.7 Å². The predicted molar refractivity (Wildman–Crippen MR) is 143 cm³/mol. The maximum Gasteiger partial charge on any atom is 0.408 e. The van der Waals surface area contributed by atoms with Gasteiger partial charge < -0.3 is 31.2 Å². The number of hydrogen-bond acceptors (Lipinski definition) is 6. The van der Waals surface area contributed by atoms with Crippen molar-refractivity contribution in [3.05, 3.63) is 71.8 Å². The average molecular weight is 527 g/mol. The summed E-state index contributed by atoms with van der Waals surface area (Å²) in [6.07, 6.45) is 0.388. The van der Waals surface area contributed by atoms with Gasteiger partial charge in [-0.25, -0.2) is 9.59 Å². The lowest BCUT2D eigenvalue weighted by Crippen LogP contribution is -2.53. The van der Waals surface area contributed by atoms with Crippen LogP contribution in [0.5, 0.6) is 0 Å². The van der Waals surface area contributed by atoms with Crippen molar-refractivity contribution < 1.29 is 28.7 Å². The Morgan fingerprint density at radius 1 is 0.763 bits per heavy atom. The summed E-state index contributed by atoms with van der Waals surface area (Å²) in [5, 5.41) is 7.90. The largest absolute Gasteiger partial charge is 0.445 e. The van der Waals surface area contributed by atoms with Gasteiger partial charge in [-0.2, -0.15) is 0 Å². The Kier molecular flexibility index (Phi) is 13.2. The van der Waals surface area contributed by atoms with E-state index >= 15 is 0 Å². The van der Waals surface area contributed by atoms with Crippen molar-refractivity contribution in [2.24, 2.45) is 11.7 Å². The Hall–Kier alpha value is -4.08. The van der Waals surface area contributed by atoms with Crippen LogP contribution in [-0.4, -0.2) is 42.6 Å².